The molecule has 0 unspecified atom stereocenters. The van der Waals surface area contributed by atoms with Gasteiger partial charge in [0.25, 0.3) is 0 Å². The molecule has 6 nitrogen and oxygen atoms in total. The van der Waals surface area contributed by atoms with Crippen molar-refractivity contribution in [1.29, 1.82) is 0 Å². The van der Waals surface area contributed by atoms with Gasteiger partial charge in [-0.3, -0.25) is 4.90 Å². The third kappa shape index (κ3) is 3.39. The second-order valence-electron chi connectivity index (χ2n) is 5.29. The molecule has 0 spiro atoms. The number of methoxy groups -OCH3 is 2. The summed E-state index contributed by atoms with van der Waals surface area (Å²) in [7, 11) is 2.87. The van der Waals surface area contributed by atoms with Gasteiger partial charge in [-0.05, 0) is 5.56 Å². The van der Waals surface area contributed by atoms with Crippen LogP contribution in [0.5, 0.6) is 0 Å². The van der Waals surface area contributed by atoms with Crippen molar-refractivity contribution in [3.63, 3.8) is 0 Å². The standard InChI is InChI=1S/C16H21NO5/c1-11-13(20-2)9-17(14(11)15(18)21-3)16(19)22-10-12-7-5-4-6-8-12/h4-8,11,13-14H,9-10H2,1-3H3/t11-,13+,14-/m1/s1. The highest BCUT2D eigenvalue weighted by molar-refractivity contribution is 5.82. The van der Waals surface area contributed by atoms with Gasteiger partial charge in [-0.2, -0.15) is 0 Å². The largest absolute Gasteiger partial charge is 0.467 e. The number of hydrogen-bond acceptors (Lipinski definition) is 5. The average molecular weight is 307 g/mol. The lowest BCUT2D eigenvalue weighted by atomic mass is 10.0. The van der Waals surface area contributed by atoms with Gasteiger partial charge >= 0.3 is 12.1 Å². The molecule has 1 amide bonds. The number of rotatable bonds is 4. The van der Waals surface area contributed by atoms with Gasteiger partial charge in [0.05, 0.1) is 19.8 Å². The Hall–Kier alpha value is -2.08. The number of esters is 1. The van der Waals surface area contributed by atoms with Gasteiger partial charge in [0.1, 0.15) is 12.6 Å². The molecule has 1 aromatic carbocycles. The average Bonchev–Trinajstić information content (AvgIpc) is 2.89. The van der Waals surface area contributed by atoms with Gasteiger partial charge in [0.15, 0.2) is 0 Å². The van der Waals surface area contributed by atoms with E-state index in [9.17, 15) is 9.59 Å². The fraction of sp³-hybridized carbons (Fsp3) is 0.500. The third-order valence-electron chi connectivity index (χ3n) is 3.98. The van der Waals surface area contributed by atoms with Crippen LogP contribution in [0.1, 0.15) is 12.5 Å². The maximum absolute atomic E-state index is 12.3. The van der Waals surface area contributed by atoms with E-state index >= 15 is 0 Å². The van der Waals surface area contributed by atoms with Crippen molar-refractivity contribution in [2.24, 2.45) is 5.92 Å². The molecule has 0 radical (unpaired) electrons. The van der Waals surface area contributed by atoms with Crippen LogP contribution in [0, 0.1) is 5.92 Å². The highest BCUT2D eigenvalue weighted by Crippen LogP contribution is 2.28. The summed E-state index contributed by atoms with van der Waals surface area (Å²) in [5.41, 5.74) is 0.890. The predicted octanol–water partition coefficient (Wildman–Crippen LogP) is 1.83. The summed E-state index contributed by atoms with van der Waals surface area (Å²) in [5, 5.41) is 0. The van der Waals surface area contributed by atoms with Crippen LogP contribution in [-0.4, -0.2) is 49.9 Å². The van der Waals surface area contributed by atoms with Crippen molar-refractivity contribution in [2.45, 2.75) is 25.7 Å². The molecule has 0 N–H and O–H groups in total. The second-order valence-corrected chi connectivity index (χ2v) is 5.29. The molecule has 6 heteroatoms. The number of likely N-dealkylation sites (tertiary alicyclic amines) is 1. The normalized spacial score (nSPS) is 24.1. The Balaban J connectivity index is 2.04. The molecule has 2 rings (SSSR count). The summed E-state index contributed by atoms with van der Waals surface area (Å²) in [6, 6.07) is 8.70. The number of benzene rings is 1. The van der Waals surface area contributed by atoms with Crippen LogP contribution in [0.3, 0.4) is 0 Å². The Bertz CT molecular complexity index is 519. The van der Waals surface area contributed by atoms with Crippen LogP contribution in [0.2, 0.25) is 0 Å². The monoisotopic (exact) mass is 307 g/mol. The molecule has 0 aliphatic carbocycles. The molecule has 1 heterocycles. The number of amides is 1. The minimum absolute atomic E-state index is 0.151. The molecule has 0 saturated carbocycles. The predicted molar refractivity (Wildman–Crippen MR) is 79.1 cm³/mol. The second kappa shape index (κ2) is 7.26. The Morgan fingerprint density at radius 1 is 1.23 bits per heavy atom. The van der Waals surface area contributed by atoms with Crippen molar-refractivity contribution in [2.75, 3.05) is 20.8 Å². The molecule has 120 valence electrons. The summed E-state index contributed by atoms with van der Waals surface area (Å²) in [6.45, 7) is 2.33. The van der Waals surface area contributed by atoms with E-state index in [2.05, 4.69) is 0 Å². The van der Waals surface area contributed by atoms with E-state index in [1.54, 1.807) is 7.11 Å². The first-order valence-electron chi connectivity index (χ1n) is 7.16. The van der Waals surface area contributed by atoms with Crippen molar-refractivity contribution in [1.82, 2.24) is 4.90 Å². The lowest BCUT2D eigenvalue weighted by Gasteiger charge is -2.23. The van der Waals surface area contributed by atoms with E-state index < -0.39 is 18.1 Å². The highest BCUT2D eigenvalue weighted by atomic mass is 16.6. The molecular formula is C16H21NO5. The topological polar surface area (TPSA) is 65.1 Å². The Morgan fingerprint density at radius 2 is 1.91 bits per heavy atom. The minimum Gasteiger partial charge on any atom is -0.467 e. The zero-order valence-corrected chi connectivity index (χ0v) is 13.0. The minimum atomic E-state index is -0.682. The fourth-order valence-corrected chi connectivity index (χ4v) is 2.70. The van der Waals surface area contributed by atoms with Gasteiger partial charge in [-0.1, -0.05) is 37.3 Å². The first kappa shape index (κ1) is 16.3. The molecular weight excluding hydrogens is 286 g/mol. The first-order chi connectivity index (χ1) is 10.6. The molecule has 22 heavy (non-hydrogen) atoms. The third-order valence-corrected chi connectivity index (χ3v) is 3.98. The maximum atomic E-state index is 12.3. The van der Waals surface area contributed by atoms with Gasteiger partial charge in [0, 0.05) is 13.0 Å². The fourth-order valence-electron chi connectivity index (χ4n) is 2.70. The highest BCUT2D eigenvalue weighted by Gasteiger charge is 2.47. The van der Waals surface area contributed by atoms with Gasteiger partial charge < -0.3 is 14.2 Å². The quantitative estimate of drug-likeness (QED) is 0.794. The smallest absolute Gasteiger partial charge is 0.410 e. The van der Waals surface area contributed by atoms with Crippen molar-refractivity contribution < 1.29 is 23.8 Å². The zero-order chi connectivity index (χ0) is 16.1. The SMILES string of the molecule is COC(=O)[C@H]1[C@H](C)[C@@H](OC)CN1C(=O)OCc1ccccc1. The number of nitrogens with zero attached hydrogens (tertiary/aromatic N) is 1. The first-order valence-corrected chi connectivity index (χ1v) is 7.16. The van der Waals surface area contributed by atoms with E-state index in [0.717, 1.165) is 5.56 Å². The lowest BCUT2D eigenvalue weighted by Crippen LogP contribution is -2.43. The molecule has 1 saturated heterocycles. The molecule has 1 fully saturated rings. The van der Waals surface area contributed by atoms with Crippen LogP contribution in [0.4, 0.5) is 4.79 Å². The molecule has 0 aromatic heterocycles. The van der Waals surface area contributed by atoms with E-state index in [1.165, 1.54) is 12.0 Å². The zero-order valence-electron chi connectivity index (χ0n) is 13.0. The maximum Gasteiger partial charge on any atom is 0.410 e. The Morgan fingerprint density at radius 3 is 2.50 bits per heavy atom. The molecule has 1 aliphatic heterocycles. The van der Waals surface area contributed by atoms with Crippen molar-refractivity contribution in [3.8, 4) is 0 Å². The van der Waals surface area contributed by atoms with E-state index in [4.69, 9.17) is 14.2 Å². The van der Waals surface area contributed by atoms with E-state index in [1.807, 2.05) is 37.3 Å². The summed E-state index contributed by atoms with van der Waals surface area (Å²) in [4.78, 5) is 25.6. The molecule has 0 bridgehead atoms. The van der Waals surface area contributed by atoms with Gasteiger partial charge in [0.2, 0.25) is 0 Å². The Labute approximate surface area is 129 Å². The van der Waals surface area contributed by atoms with Crippen LogP contribution >= 0.6 is 0 Å². The Kier molecular flexibility index (Phi) is 5.38. The van der Waals surface area contributed by atoms with Crippen LogP contribution in [-0.2, 0) is 25.6 Å². The summed E-state index contributed by atoms with van der Waals surface area (Å²) >= 11 is 0. The van der Waals surface area contributed by atoms with Crippen molar-refractivity contribution >= 4 is 12.1 Å². The summed E-state index contributed by atoms with van der Waals surface area (Å²) in [5.74, 6) is -0.606. The molecule has 1 aliphatic rings. The van der Waals surface area contributed by atoms with Crippen LogP contribution in [0.25, 0.3) is 0 Å². The number of hydrogen-bond donors (Lipinski definition) is 0. The number of ether oxygens (including phenoxy) is 3. The molecule has 1 aromatic rings. The lowest BCUT2D eigenvalue weighted by molar-refractivity contribution is -0.146. The van der Waals surface area contributed by atoms with Crippen LogP contribution < -0.4 is 0 Å². The number of carbonyl (C=O) groups excluding carboxylic acids is 2. The van der Waals surface area contributed by atoms with E-state index in [0.29, 0.717) is 6.54 Å². The molecule has 3 atom stereocenters. The van der Waals surface area contributed by atoms with Gasteiger partial charge in [-0.25, -0.2) is 9.59 Å². The van der Waals surface area contributed by atoms with Crippen molar-refractivity contribution in [3.05, 3.63) is 35.9 Å². The van der Waals surface area contributed by atoms with Gasteiger partial charge in [-0.15, -0.1) is 0 Å². The number of carbonyl (C=O) groups is 2. The summed E-state index contributed by atoms with van der Waals surface area (Å²) in [6.07, 6.45) is -0.751. The van der Waals surface area contributed by atoms with E-state index in [-0.39, 0.29) is 18.6 Å². The summed E-state index contributed by atoms with van der Waals surface area (Å²) < 4.78 is 15.4. The van der Waals surface area contributed by atoms with Crippen LogP contribution in [0.15, 0.2) is 30.3 Å².